The minimum atomic E-state index is -0.452. The minimum absolute atomic E-state index is 0.134. The Hall–Kier alpha value is -2.31. The van der Waals surface area contributed by atoms with E-state index in [1.54, 1.807) is 18.2 Å². The molecule has 0 spiro atoms. The molecule has 3 aromatic rings. The Morgan fingerprint density at radius 3 is 2.56 bits per heavy atom. The van der Waals surface area contributed by atoms with Crippen molar-refractivity contribution >= 4 is 28.8 Å². The van der Waals surface area contributed by atoms with E-state index in [9.17, 15) is 9.18 Å². The zero-order valence-electron chi connectivity index (χ0n) is 17.8. The van der Waals surface area contributed by atoms with Crippen LogP contribution in [0.4, 0.5) is 4.39 Å². The van der Waals surface area contributed by atoms with E-state index in [0.717, 1.165) is 55.6 Å². The van der Waals surface area contributed by atoms with Crippen molar-refractivity contribution in [1.82, 2.24) is 15.1 Å². The first-order chi connectivity index (χ1) is 15.6. The molecule has 32 heavy (non-hydrogen) atoms. The van der Waals surface area contributed by atoms with E-state index in [2.05, 4.69) is 10.2 Å². The maximum atomic E-state index is 14.2. The van der Waals surface area contributed by atoms with Gasteiger partial charge in [-0.15, -0.1) is 10.2 Å². The molecule has 0 radical (unpaired) electrons. The maximum absolute atomic E-state index is 14.2. The molecular formula is C25H25ClFN3OS. The molecule has 0 N–H and O–H groups in total. The van der Waals surface area contributed by atoms with Gasteiger partial charge in [0.2, 0.25) is 5.91 Å². The smallest absolute Gasteiger partial charge is 0.233 e. The SMILES string of the molecule is O=C(N1CCCC(c2nnc(-c3ccccc3F)s2)C1)C1(c2ccc(Cl)cc2)CCCC1. The van der Waals surface area contributed by atoms with Gasteiger partial charge in [0.1, 0.15) is 10.8 Å². The average molecular weight is 470 g/mol. The van der Waals surface area contributed by atoms with Gasteiger partial charge in [-0.3, -0.25) is 4.79 Å². The van der Waals surface area contributed by atoms with Crippen molar-refractivity contribution in [2.45, 2.75) is 49.9 Å². The van der Waals surface area contributed by atoms with Crippen molar-refractivity contribution in [2.24, 2.45) is 0 Å². The van der Waals surface area contributed by atoms with E-state index < -0.39 is 5.41 Å². The molecule has 2 fully saturated rings. The van der Waals surface area contributed by atoms with Crippen molar-refractivity contribution in [1.29, 1.82) is 0 Å². The molecular weight excluding hydrogens is 445 g/mol. The Morgan fingerprint density at radius 2 is 1.81 bits per heavy atom. The summed E-state index contributed by atoms with van der Waals surface area (Å²) in [4.78, 5) is 15.9. The molecule has 5 rings (SSSR count). The van der Waals surface area contributed by atoms with Crippen LogP contribution in [0.1, 0.15) is 55.0 Å². The molecule has 1 aromatic heterocycles. The Morgan fingerprint density at radius 1 is 1.06 bits per heavy atom. The Bertz CT molecular complexity index is 1110. The minimum Gasteiger partial charge on any atom is -0.341 e. The Kier molecular flexibility index (Phi) is 5.99. The van der Waals surface area contributed by atoms with Crippen LogP contribution in [-0.2, 0) is 10.2 Å². The molecule has 7 heteroatoms. The summed E-state index contributed by atoms with van der Waals surface area (Å²) >= 11 is 7.54. The molecule has 2 aromatic carbocycles. The number of benzene rings is 2. The number of likely N-dealkylation sites (tertiary alicyclic amines) is 1. The van der Waals surface area contributed by atoms with Crippen molar-refractivity contribution in [3.05, 3.63) is 69.9 Å². The first-order valence-electron chi connectivity index (χ1n) is 11.2. The van der Waals surface area contributed by atoms with Crippen molar-refractivity contribution in [3.63, 3.8) is 0 Å². The van der Waals surface area contributed by atoms with E-state index in [-0.39, 0.29) is 17.6 Å². The number of hydrogen-bond acceptors (Lipinski definition) is 4. The number of halogens is 2. The number of carbonyl (C=O) groups excluding carboxylic acids is 1. The zero-order chi connectivity index (χ0) is 22.1. The van der Waals surface area contributed by atoms with Crippen LogP contribution in [0.5, 0.6) is 0 Å². The largest absolute Gasteiger partial charge is 0.341 e. The molecule has 2 aliphatic rings. The van der Waals surface area contributed by atoms with Gasteiger partial charge in [-0.25, -0.2) is 4.39 Å². The summed E-state index contributed by atoms with van der Waals surface area (Å²) in [6.07, 6.45) is 5.78. The zero-order valence-corrected chi connectivity index (χ0v) is 19.3. The summed E-state index contributed by atoms with van der Waals surface area (Å²) in [6.45, 7) is 1.41. The lowest BCUT2D eigenvalue weighted by Crippen LogP contribution is -2.49. The third kappa shape index (κ3) is 3.95. The van der Waals surface area contributed by atoms with Crippen LogP contribution in [0.2, 0.25) is 5.02 Å². The number of aromatic nitrogens is 2. The van der Waals surface area contributed by atoms with Crippen molar-refractivity contribution in [2.75, 3.05) is 13.1 Å². The maximum Gasteiger partial charge on any atom is 0.233 e. The van der Waals surface area contributed by atoms with Crippen LogP contribution in [0.15, 0.2) is 48.5 Å². The number of hydrogen-bond donors (Lipinski definition) is 0. The third-order valence-electron chi connectivity index (χ3n) is 6.87. The molecule has 1 saturated heterocycles. The Labute approximate surface area is 196 Å². The lowest BCUT2D eigenvalue weighted by molar-refractivity contribution is -0.138. The molecule has 4 nitrogen and oxygen atoms in total. The van der Waals surface area contributed by atoms with Gasteiger partial charge in [0.05, 0.1) is 5.41 Å². The van der Waals surface area contributed by atoms with Crippen LogP contribution in [0, 0.1) is 5.82 Å². The molecule has 0 bridgehead atoms. The van der Waals surface area contributed by atoms with E-state index in [1.165, 1.54) is 17.4 Å². The second kappa shape index (κ2) is 8.91. The van der Waals surface area contributed by atoms with E-state index >= 15 is 0 Å². The van der Waals surface area contributed by atoms with Gasteiger partial charge in [-0.1, -0.05) is 60.0 Å². The van der Waals surface area contributed by atoms with E-state index in [0.29, 0.717) is 22.1 Å². The van der Waals surface area contributed by atoms with Crippen molar-refractivity contribution in [3.8, 4) is 10.6 Å². The van der Waals surface area contributed by atoms with Gasteiger partial charge in [-0.05, 0) is 55.5 Å². The van der Waals surface area contributed by atoms with Crippen molar-refractivity contribution < 1.29 is 9.18 Å². The van der Waals surface area contributed by atoms with Crippen LogP contribution in [-0.4, -0.2) is 34.1 Å². The highest BCUT2D eigenvalue weighted by atomic mass is 35.5. The molecule has 1 aliphatic heterocycles. The monoisotopic (exact) mass is 469 g/mol. The summed E-state index contributed by atoms with van der Waals surface area (Å²) in [6, 6.07) is 14.4. The number of piperidine rings is 1. The Balaban J connectivity index is 1.37. The van der Waals surface area contributed by atoms with Gasteiger partial charge in [-0.2, -0.15) is 0 Å². The normalized spacial score (nSPS) is 20.4. The fourth-order valence-corrected chi connectivity index (χ4v) is 6.30. The second-order valence-electron chi connectivity index (χ2n) is 8.81. The summed E-state index contributed by atoms with van der Waals surface area (Å²) in [7, 11) is 0. The molecule has 1 amide bonds. The van der Waals surface area contributed by atoms with Gasteiger partial charge in [0.15, 0.2) is 5.01 Å². The lowest BCUT2D eigenvalue weighted by Gasteiger charge is -2.39. The summed E-state index contributed by atoms with van der Waals surface area (Å²) in [5.41, 5.74) is 1.10. The topological polar surface area (TPSA) is 46.1 Å². The highest BCUT2D eigenvalue weighted by molar-refractivity contribution is 7.14. The van der Waals surface area contributed by atoms with E-state index in [4.69, 9.17) is 11.6 Å². The van der Waals surface area contributed by atoms with Gasteiger partial charge in [0, 0.05) is 29.6 Å². The van der Waals surface area contributed by atoms with Crippen LogP contribution in [0.3, 0.4) is 0 Å². The van der Waals surface area contributed by atoms with Gasteiger partial charge < -0.3 is 4.90 Å². The number of rotatable bonds is 4. The highest BCUT2D eigenvalue weighted by Crippen LogP contribution is 2.44. The van der Waals surface area contributed by atoms with Crippen LogP contribution < -0.4 is 0 Å². The molecule has 1 unspecified atom stereocenters. The molecule has 2 heterocycles. The fourth-order valence-electron chi connectivity index (χ4n) is 5.18. The first kappa shape index (κ1) is 21.5. The molecule has 1 atom stereocenters. The molecule has 1 saturated carbocycles. The highest BCUT2D eigenvalue weighted by Gasteiger charge is 2.45. The third-order valence-corrected chi connectivity index (χ3v) is 8.24. The van der Waals surface area contributed by atoms with E-state index in [1.807, 2.05) is 29.2 Å². The van der Waals surface area contributed by atoms with Crippen LogP contribution >= 0.6 is 22.9 Å². The quantitative estimate of drug-likeness (QED) is 0.456. The predicted molar refractivity (Wildman–Crippen MR) is 125 cm³/mol. The summed E-state index contributed by atoms with van der Waals surface area (Å²) in [5, 5.41) is 10.8. The van der Waals surface area contributed by atoms with Gasteiger partial charge >= 0.3 is 0 Å². The lowest BCUT2D eigenvalue weighted by atomic mass is 9.77. The summed E-state index contributed by atoms with van der Waals surface area (Å²) < 4.78 is 14.2. The number of nitrogens with zero attached hydrogens (tertiary/aromatic N) is 3. The standard InChI is InChI=1S/C25H25ClFN3OS/c26-19-11-9-18(10-12-19)25(13-3-4-14-25)24(31)30-15-5-6-17(16-30)22-28-29-23(32-22)20-7-1-2-8-21(20)27/h1-2,7-12,17H,3-6,13-16H2. The van der Waals surface area contributed by atoms with Gasteiger partial charge in [0.25, 0.3) is 0 Å². The first-order valence-corrected chi connectivity index (χ1v) is 12.4. The predicted octanol–water partition coefficient (Wildman–Crippen LogP) is 6.22. The van der Waals surface area contributed by atoms with Crippen LogP contribution in [0.25, 0.3) is 10.6 Å². The second-order valence-corrected chi connectivity index (χ2v) is 10.3. The average Bonchev–Trinajstić information content (AvgIpc) is 3.51. The molecule has 166 valence electrons. The fraction of sp³-hybridized carbons (Fsp3) is 0.400. The molecule has 1 aliphatic carbocycles. The number of carbonyl (C=O) groups is 1. The summed E-state index contributed by atoms with van der Waals surface area (Å²) in [5.74, 6) is 0.0667. The number of amides is 1.